The largest absolute Gasteiger partial charge is 0.489 e. The molecule has 4 rings (SSSR count). The van der Waals surface area contributed by atoms with E-state index in [0.717, 1.165) is 16.7 Å². The quantitative estimate of drug-likeness (QED) is 0.493. The van der Waals surface area contributed by atoms with Gasteiger partial charge in [0.2, 0.25) is 0 Å². The molecule has 0 unspecified atom stereocenters. The number of carbonyl (C=O) groups excluding carboxylic acids is 1. The van der Waals surface area contributed by atoms with Gasteiger partial charge in [0.15, 0.2) is 0 Å². The number of hydrogen-bond acceptors (Lipinski definition) is 5. The maximum Gasteiger partial charge on any atom is 0.368 e. The molecule has 0 amide bonds. The lowest BCUT2D eigenvalue weighted by atomic mass is 10.0. The molecule has 6 heteroatoms. The zero-order valence-corrected chi connectivity index (χ0v) is 15.8. The standard InChI is InChI=1S/C24H17NO5/c26-23(27)19-11-9-16(10-12-19)15-29-20-8-4-5-17(13-20)14-21-22(25-30-24(21)28)18-6-2-1-3-7-18/h1-14H,15H2,(H,26,27)/b21-14+. The molecule has 0 bridgehead atoms. The van der Waals surface area contributed by atoms with Crippen molar-refractivity contribution in [3.8, 4) is 5.75 Å². The summed E-state index contributed by atoms with van der Waals surface area (Å²) in [7, 11) is 0. The lowest BCUT2D eigenvalue weighted by Crippen LogP contribution is -2.06. The summed E-state index contributed by atoms with van der Waals surface area (Å²) in [6.45, 7) is 0.290. The molecule has 148 valence electrons. The van der Waals surface area contributed by atoms with Crippen LogP contribution in [0.15, 0.2) is 89.6 Å². The Morgan fingerprint density at radius 2 is 1.77 bits per heavy atom. The molecule has 0 atom stereocenters. The summed E-state index contributed by atoms with van der Waals surface area (Å²) in [6.07, 6.45) is 1.72. The van der Waals surface area contributed by atoms with E-state index >= 15 is 0 Å². The minimum atomic E-state index is -0.966. The number of ether oxygens (including phenoxy) is 1. The molecule has 0 aromatic heterocycles. The Bertz CT molecular complexity index is 1150. The van der Waals surface area contributed by atoms with Crippen molar-refractivity contribution in [3.63, 3.8) is 0 Å². The van der Waals surface area contributed by atoms with Gasteiger partial charge in [-0.25, -0.2) is 9.59 Å². The molecule has 1 heterocycles. The Morgan fingerprint density at radius 3 is 2.50 bits per heavy atom. The van der Waals surface area contributed by atoms with Crippen LogP contribution in [-0.4, -0.2) is 22.8 Å². The molecule has 1 aliphatic rings. The lowest BCUT2D eigenvalue weighted by molar-refractivity contribution is -0.136. The Morgan fingerprint density at radius 1 is 1.00 bits per heavy atom. The molecule has 3 aromatic rings. The number of hydrogen-bond donors (Lipinski definition) is 1. The molecule has 0 radical (unpaired) electrons. The SMILES string of the molecule is O=C1ON=C(c2ccccc2)/C1=C\c1cccc(OCc2ccc(C(=O)O)cc2)c1. The van der Waals surface area contributed by atoms with Crippen molar-refractivity contribution in [2.75, 3.05) is 0 Å². The van der Waals surface area contributed by atoms with Crippen LogP contribution in [0.3, 0.4) is 0 Å². The summed E-state index contributed by atoms with van der Waals surface area (Å²) >= 11 is 0. The van der Waals surface area contributed by atoms with Crippen LogP contribution in [0.25, 0.3) is 6.08 Å². The third-order valence-corrected chi connectivity index (χ3v) is 4.52. The Hall–Kier alpha value is -4.19. The van der Waals surface area contributed by atoms with Crippen molar-refractivity contribution in [2.45, 2.75) is 6.61 Å². The number of rotatable bonds is 6. The average molecular weight is 399 g/mol. The van der Waals surface area contributed by atoms with Crippen LogP contribution in [-0.2, 0) is 16.2 Å². The minimum Gasteiger partial charge on any atom is -0.489 e. The third kappa shape index (κ3) is 4.28. The van der Waals surface area contributed by atoms with Crippen LogP contribution in [0.1, 0.15) is 27.0 Å². The highest BCUT2D eigenvalue weighted by Crippen LogP contribution is 2.23. The van der Waals surface area contributed by atoms with E-state index in [2.05, 4.69) is 5.16 Å². The lowest BCUT2D eigenvalue weighted by Gasteiger charge is -2.08. The topological polar surface area (TPSA) is 85.2 Å². The highest BCUT2D eigenvalue weighted by atomic mass is 16.7. The van der Waals surface area contributed by atoms with Crippen LogP contribution in [0.4, 0.5) is 0 Å². The predicted octanol–water partition coefficient (Wildman–Crippen LogP) is 4.31. The van der Waals surface area contributed by atoms with Gasteiger partial charge in [-0.1, -0.05) is 59.8 Å². The van der Waals surface area contributed by atoms with E-state index in [9.17, 15) is 9.59 Å². The second-order valence-electron chi connectivity index (χ2n) is 6.61. The van der Waals surface area contributed by atoms with Crippen LogP contribution < -0.4 is 4.74 Å². The van der Waals surface area contributed by atoms with Gasteiger partial charge in [0.25, 0.3) is 0 Å². The summed E-state index contributed by atoms with van der Waals surface area (Å²) in [5.41, 5.74) is 3.51. The van der Waals surface area contributed by atoms with Gasteiger partial charge in [0, 0.05) is 5.56 Å². The fourth-order valence-electron chi connectivity index (χ4n) is 2.98. The van der Waals surface area contributed by atoms with E-state index in [1.165, 1.54) is 12.1 Å². The first-order valence-electron chi connectivity index (χ1n) is 9.22. The molecule has 1 aliphatic heterocycles. The number of oxime groups is 1. The highest BCUT2D eigenvalue weighted by Gasteiger charge is 2.26. The maximum atomic E-state index is 12.2. The van der Waals surface area contributed by atoms with Gasteiger partial charge in [-0.05, 0) is 41.5 Å². The second-order valence-corrected chi connectivity index (χ2v) is 6.61. The van der Waals surface area contributed by atoms with Crippen molar-refractivity contribution in [1.29, 1.82) is 0 Å². The number of carboxylic acid groups (broad SMARTS) is 1. The molecule has 0 aliphatic carbocycles. The van der Waals surface area contributed by atoms with Gasteiger partial charge in [0.1, 0.15) is 18.1 Å². The minimum absolute atomic E-state index is 0.228. The number of aromatic carboxylic acids is 1. The Kier molecular flexibility index (Phi) is 5.39. The maximum absolute atomic E-state index is 12.2. The zero-order chi connectivity index (χ0) is 20.9. The summed E-state index contributed by atoms with van der Waals surface area (Å²) < 4.78 is 5.81. The molecule has 0 saturated carbocycles. The van der Waals surface area contributed by atoms with E-state index in [-0.39, 0.29) is 5.56 Å². The zero-order valence-electron chi connectivity index (χ0n) is 15.8. The Labute approximate surface area is 172 Å². The summed E-state index contributed by atoms with van der Waals surface area (Å²) in [5.74, 6) is -0.845. The van der Waals surface area contributed by atoms with E-state index in [1.54, 1.807) is 18.2 Å². The molecule has 30 heavy (non-hydrogen) atoms. The van der Waals surface area contributed by atoms with Crippen molar-refractivity contribution in [1.82, 2.24) is 0 Å². The van der Waals surface area contributed by atoms with Gasteiger partial charge < -0.3 is 14.7 Å². The van der Waals surface area contributed by atoms with Crippen LogP contribution in [0.2, 0.25) is 0 Å². The normalized spacial score (nSPS) is 14.3. The first-order valence-corrected chi connectivity index (χ1v) is 9.22. The first kappa shape index (κ1) is 19.1. The highest BCUT2D eigenvalue weighted by molar-refractivity contribution is 6.31. The summed E-state index contributed by atoms with van der Waals surface area (Å²) in [4.78, 5) is 28.0. The third-order valence-electron chi connectivity index (χ3n) is 4.52. The molecular formula is C24H17NO5. The van der Waals surface area contributed by atoms with Crippen molar-refractivity contribution < 1.29 is 24.3 Å². The van der Waals surface area contributed by atoms with Crippen LogP contribution in [0, 0.1) is 0 Å². The number of carbonyl (C=O) groups is 2. The van der Waals surface area contributed by atoms with Crippen LogP contribution >= 0.6 is 0 Å². The smallest absolute Gasteiger partial charge is 0.368 e. The van der Waals surface area contributed by atoms with E-state index in [1.807, 2.05) is 54.6 Å². The summed E-state index contributed by atoms with van der Waals surface area (Å²) in [6, 6.07) is 23.2. The molecule has 0 saturated heterocycles. The van der Waals surface area contributed by atoms with E-state index in [0.29, 0.717) is 23.6 Å². The number of carboxylic acids is 1. The second kappa shape index (κ2) is 8.45. The van der Waals surface area contributed by atoms with Crippen molar-refractivity contribution in [3.05, 3.63) is 107 Å². The molecular weight excluding hydrogens is 382 g/mol. The van der Waals surface area contributed by atoms with E-state index < -0.39 is 11.9 Å². The van der Waals surface area contributed by atoms with Gasteiger partial charge in [-0.3, -0.25) is 0 Å². The van der Waals surface area contributed by atoms with Crippen LogP contribution in [0.5, 0.6) is 5.75 Å². The summed E-state index contributed by atoms with van der Waals surface area (Å²) in [5, 5.41) is 12.9. The average Bonchev–Trinajstić information content (AvgIpc) is 3.13. The fourth-order valence-corrected chi connectivity index (χ4v) is 2.98. The molecule has 6 nitrogen and oxygen atoms in total. The van der Waals surface area contributed by atoms with Gasteiger partial charge in [-0.15, -0.1) is 0 Å². The van der Waals surface area contributed by atoms with E-state index in [4.69, 9.17) is 14.7 Å². The first-order chi connectivity index (χ1) is 14.6. The monoisotopic (exact) mass is 399 g/mol. The fraction of sp³-hybridized carbons (Fsp3) is 0.0417. The molecule has 3 aromatic carbocycles. The number of benzene rings is 3. The van der Waals surface area contributed by atoms with Crippen molar-refractivity contribution in [2.24, 2.45) is 5.16 Å². The van der Waals surface area contributed by atoms with Gasteiger partial charge >= 0.3 is 11.9 Å². The molecule has 1 N–H and O–H groups in total. The molecule has 0 fully saturated rings. The molecule has 0 spiro atoms. The van der Waals surface area contributed by atoms with Gasteiger partial charge in [-0.2, -0.15) is 0 Å². The van der Waals surface area contributed by atoms with Crippen molar-refractivity contribution >= 4 is 23.7 Å². The Balaban J connectivity index is 1.51. The van der Waals surface area contributed by atoms with Gasteiger partial charge in [0.05, 0.1) is 11.1 Å². The predicted molar refractivity (Wildman–Crippen MR) is 111 cm³/mol. The number of nitrogens with zero attached hydrogens (tertiary/aromatic N) is 1.